The smallest absolute Gasteiger partial charge is 0.0596 e. The van der Waals surface area contributed by atoms with Crippen LogP contribution in [0.4, 0.5) is 11.4 Å². The highest BCUT2D eigenvalue weighted by Gasteiger charge is 2.13. The molecule has 1 aromatic heterocycles. The number of hydrogen-bond donors (Lipinski definition) is 1. The lowest BCUT2D eigenvalue weighted by Crippen LogP contribution is -1.91. The van der Waals surface area contributed by atoms with Crippen molar-refractivity contribution in [2.45, 2.75) is 0 Å². The van der Waals surface area contributed by atoms with Crippen LogP contribution in [0.5, 0.6) is 0 Å². The molecule has 0 aliphatic rings. The van der Waals surface area contributed by atoms with E-state index in [4.69, 9.17) is 0 Å². The van der Waals surface area contributed by atoms with Crippen molar-refractivity contribution >= 4 is 64.4 Å². The second kappa shape index (κ2) is 7.72. The summed E-state index contributed by atoms with van der Waals surface area (Å²) in [5.41, 5.74) is 4.76. The first-order valence-corrected chi connectivity index (χ1v) is 12.3. The molecule has 0 aliphatic heterocycles. The zero-order valence-electron chi connectivity index (χ0n) is 18.5. The Morgan fingerprint density at radius 1 is 0.500 bits per heavy atom. The van der Waals surface area contributed by atoms with Crippen molar-refractivity contribution in [3.05, 3.63) is 121 Å². The summed E-state index contributed by atoms with van der Waals surface area (Å²) in [7, 11) is 0. The van der Waals surface area contributed by atoms with Crippen LogP contribution in [0.25, 0.3) is 52.8 Å². The van der Waals surface area contributed by atoms with Crippen molar-refractivity contribution < 1.29 is 0 Å². The number of rotatable bonds is 3. The Kier molecular flexibility index (Phi) is 4.39. The lowest BCUT2D eigenvalue weighted by molar-refractivity contribution is 1.61. The molecule has 0 radical (unpaired) electrons. The van der Waals surface area contributed by atoms with Crippen LogP contribution in [0, 0.1) is 0 Å². The normalized spacial score (nSPS) is 11.5. The lowest BCUT2D eigenvalue weighted by Gasteiger charge is -2.12. The van der Waals surface area contributed by atoms with Gasteiger partial charge < -0.3 is 5.32 Å². The predicted molar refractivity (Wildman–Crippen MR) is 150 cm³/mol. The van der Waals surface area contributed by atoms with E-state index in [1.165, 1.54) is 52.8 Å². The van der Waals surface area contributed by atoms with Gasteiger partial charge in [-0.05, 0) is 63.0 Å². The summed E-state index contributed by atoms with van der Waals surface area (Å²) in [6.45, 7) is 0. The molecule has 2 heteroatoms. The van der Waals surface area contributed by atoms with Gasteiger partial charge in [0.1, 0.15) is 0 Å². The van der Waals surface area contributed by atoms with Crippen molar-refractivity contribution in [1.29, 1.82) is 0 Å². The maximum absolute atomic E-state index is 3.75. The molecule has 0 aliphatic carbocycles. The molecule has 6 aromatic carbocycles. The molecule has 0 bridgehead atoms. The van der Waals surface area contributed by atoms with E-state index < -0.39 is 0 Å². The summed E-state index contributed by atoms with van der Waals surface area (Å²) in [5, 5.41) is 11.5. The first kappa shape index (κ1) is 19.3. The second-order valence-electron chi connectivity index (χ2n) is 8.72. The van der Waals surface area contributed by atoms with Crippen LogP contribution < -0.4 is 5.32 Å². The molecule has 0 saturated carbocycles. The molecule has 1 N–H and O–H groups in total. The Balaban J connectivity index is 1.35. The summed E-state index contributed by atoms with van der Waals surface area (Å²) in [5.74, 6) is 0. The third-order valence-corrected chi connectivity index (χ3v) is 7.80. The quantitative estimate of drug-likeness (QED) is 0.282. The zero-order valence-corrected chi connectivity index (χ0v) is 19.3. The largest absolute Gasteiger partial charge is 0.354 e. The Labute approximate surface area is 201 Å². The molecule has 0 saturated heterocycles. The first-order chi connectivity index (χ1) is 16.8. The van der Waals surface area contributed by atoms with Crippen LogP contribution in [-0.4, -0.2) is 0 Å². The standard InChI is InChI=1S/C32H21NS/c1-2-8-21(9-3-1)22-14-15-24-19-26(17-16-23(24)18-22)33-29-20-25-10-4-5-11-27(25)31-28-12-6-7-13-30(28)34-32(29)31/h1-20,33H. The Bertz CT molecular complexity index is 1830. The van der Waals surface area contributed by atoms with Crippen LogP contribution >= 0.6 is 11.3 Å². The maximum atomic E-state index is 3.75. The minimum absolute atomic E-state index is 1.11. The highest BCUT2D eigenvalue weighted by atomic mass is 32.1. The summed E-state index contributed by atoms with van der Waals surface area (Å²) < 4.78 is 2.63. The fourth-order valence-corrected chi connectivity index (χ4v) is 6.14. The van der Waals surface area contributed by atoms with Gasteiger partial charge in [-0.15, -0.1) is 11.3 Å². The molecule has 0 fully saturated rings. The highest BCUT2D eigenvalue weighted by molar-refractivity contribution is 7.26. The van der Waals surface area contributed by atoms with Crippen LogP contribution in [0.2, 0.25) is 0 Å². The number of fused-ring (bicyclic) bond motifs is 6. The molecule has 0 unspecified atom stereocenters. The third-order valence-electron chi connectivity index (χ3n) is 6.60. The number of nitrogens with one attached hydrogen (secondary N) is 1. The Hall–Kier alpha value is -4.14. The molecular weight excluding hydrogens is 430 g/mol. The second-order valence-corrected chi connectivity index (χ2v) is 9.77. The van der Waals surface area contributed by atoms with Crippen molar-refractivity contribution in [2.24, 2.45) is 0 Å². The van der Waals surface area contributed by atoms with E-state index in [0.29, 0.717) is 0 Å². The SMILES string of the molecule is c1ccc(-c2ccc3cc(Nc4cc5ccccc5c5c4sc4ccccc45)ccc3c2)cc1. The zero-order chi connectivity index (χ0) is 22.5. The minimum Gasteiger partial charge on any atom is -0.354 e. The van der Waals surface area contributed by atoms with Crippen molar-refractivity contribution in [2.75, 3.05) is 5.32 Å². The molecular formula is C32H21NS. The van der Waals surface area contributed by atoms with E-state index in [1.807, 2.05) is 11.3 Å². The van der Waals surface area contributed by atoms with E-state index in [9.17, 15) is 0 Å². The molecule has 34 heavy (non-hydrogen) atoms. The molecule has 1 nitrogen and oxygen atoms in total. The van der Waals surface area contributed by atoms with Crippen LogP contribution in [-0.2, 0) is 0 Å². The number of thiophene rings is 1. The summed E-state index contributed by atoms with van der Waals surface area (Å²) in [6.07, 6.45) is 0. The van der Waals surface area contributed by atoms with Crippen molar-refractivity contribution in [1.82, 2.24) is 0 Å². The van der Waals surface area contributed by atoms with Gasteiger partial charge in [0.05, 0.1) is 10.4 Å². The summed E-state index contributed by atoms with van der Waals surface area (Å²) in [6, 6.07) is 43.6. The Morgan fingerprint density at radius 2 is 1.24 bits per heavy atom. The van der Waals surface area contributed by atoms with Crippen LogP contribution in [0.1, 0.15) is 0 Å². The third kappa shape index (κ3) is 3.15. The van der Waals surface area contributed by atoms with Crippen LogP contribution in [0.15, 0.2) is 121 Å². The fraction of sp³-hybridized carbons (Fsp3) is 0. The number of benzene rings is 6. The van der Waals surface area contributed by atoms with E-state index in [2.05, 4.69) is 127 Å². The van der Waals surface area contributed by atoms with E-state index in [0.717, 1.165) is 11.4 Å². The van der Waals surface area contributed by atoms with E-state index in [-0.39, 0.29) is 0 Å². The maximum Gasteiger partial charge on any atom is 0.0596 e. The molecule has 0 amide bonds. The minimum atomic E-state index is 1.11. The summed E-state index contributed by atoms with van der Waals surface area (Å²) in [4.78, 5) is 0. The predicted octanol–water partition coefficient (Wildman–Crippen LogP) is 9.77. The molecule has 0 atom stereocenters. The van der Waals surface area contributed by atoms with Gasteiger partial charge in [0, 0.05) is 21.2 Å². The van der Waals surface area contributed by atoms with E-state index >= 15 is 0 Å². The van der Waals surface area contributed by atoms with E-state index in [1.54, 1.807) is 0 Å². The monoisotopic (exact) mass is 451 g/mol. The van der Waals surface area contributed by atoms with Gasteiger partial charge >= 0.3 is 0 Å². The average Bonchev–Trinajstić information content (AvgIpc) is 3.29. The molecule has 0 spiro atoms. The van der Waals surface area contributed by atoms with Gasteiger partial charge in [0.25, 0.3) is 0 Å². The Morgan fingerprint density at radius 3 is 2.15 bits per heavy atom. The molecule has 1 heterocycles. The van der Waals surface area contributed by atoms with Gasteiger partial charge in [0.15, 0.2) is 0 Å². The number of hydrogen-bond acceptors (Lipinski definition) is 2. The lowest BCUT2D eigenvalue weighted by atomic mass is 10.0. The van der Waals surface area contributed by atoms with Crippen molar-refractivity contribution in [3.8, 4) is 11.1 Å². The average molecular weight is 452 g/mol. The number of anilines is 2. The molecule has 160 valence electrons. The first-order valence-electron chi connectivity index (χ1n) is 11.5. The molecule has 7 rings (SSSR count). The van der Waals surface area contributed by atoms with Gasteiger partial charge in [-0.3, -0.25) is 0 Å². The topological polar surface area (TPSA) is 12.0 Å². The van der Waals surface area contributed by atoms with Crippen LogP contribution in [0.3, 0.4) is 0 Å². The summed E-state index contributed by atoms with van der Waals surface area (Å²) >= 11 is 1.86. The van der Waals surface area contributed by atoms with Gasteiger partial charge in [-0.1, -0.05) is 91.0 Å². The van der Waals surface area contributed by atoms with Gasteiger partial charge in [0.2, 0.25) is 0 Å². The highest BCUT2D eigenvalue weighted by Crippen LogP contribution is 2.43. The van der Waals surface area contributed by atoms with Gasteiger partial charge in [-0.25, -0.2) is 0 Å². The van der Waals surface area contributed by atoms with Crippen molar-refractivity contribution in [3.63, 3.8) is 0 Å². The molecule has 7 aromatic rings. The fourth-order valence-electron chi connectivity index (χ4n) is 4.96. The van der Waals surface area contributed by atoms with Gasteiger partial charge in [-0.2, -0.15) is 0 Å².